The molecule has 0 aromatic carbocycles. The minimum Gasteiger partial charge on any atom is -0.395 e. The van der Waals surface area contributed by atoms with E-state index in [-0.39, 0.29) is 6.61 Å². The molecule has 0 fully saturated rings. The predicted molar refractivity (Wildman–Crippen MR) is 69.0 cm³/mol. The molecule has 3 heteroatoms. The molecule has 1 N–H and O–H groups in total. The number of β-amino-alcohol motifs (C(OH)–C–C–N with tert-alkyl or cyclic N) is 1. The second kappa shape index (κ2) is 8.57. The molecular formula is C13H26N2O. The summed E-state index contributed by atoms with van der Waals surface area (Å²) in [4.78, 5) is 6.73. The monoisotopic (exact) mass is 226 g/mol. The lowest BCUT2D eigenvalue weighted by atomic mass is 10.1. The van der Waals surface area contributed by atoms with Crippen molar-refractivity contribution in [3.8, 4) is 0 Å². The molecule has 0 aliphatic carbocycles. The first-order valence-electron chi connectivity index (χ1n) is 6.77. The van der Waals surface area contributed by atoms with Crippen LogP contribution in [0.4, 0.5) is 0 Å². The third kappa shape index (κ3) is 4.97. The Kier molecular flexibility index (Phi) is 7.23. The fourth-order valence-corrected chi connectivity index (χ4v) is 2.19. The fraction of sp³-hybridized carbons (Fsp3) is 0.923. The van der Waals surface area contributed by atoms with Crippen molar-refractivity contribution in [1.82, 2.24) is 4.90 Å². The number of rotatable bonds is 9. The maximum atomic E-state index is 8.92. The summed E-state index contributed by atoms with van der Waals surface area (Å²) in [6, 6.07) is 0. The number of aliphatic hydroxyl groups is 1. The molecule has 0 radical (unpaired) electrons. The zero-order chi connectivity index (χ0) is 11.6. The van der Waals surface area contributed by atoms with E-state index in [0.29, 0.717) is 0 Å². The zero-order valence-electron chi connectivity index (χ0n) is 10.6. The normalized spacial score (nSPS) is 15.6. The number of aliphatic hydroxyl groups excluding tert-OH is 1. The molecule has 0 amide bonds. The lowest BCUT2D eigenvalue weighted by Gasteiger charge is -2.18. The largest absolute Gasteiger partial charge is 0.395 e. The average Bonchev–Trinajstić information content (AvgIpc) is 2.72. The van der Waals surface area contributed by atoms with Crippen molar-refractivity contribution in [2.75, 3.05) is 26.2 Å². The van der Waals surface area contributed by atoms with E-state index in [1.807, 2.05) is 0 Å². The Morgan fingerprint density at radius 3 is 2.69 bits per heavy atom. The molecule has 1 aliphatic heterocycles. The second-order valence-corrected chi connectivity index (χ2v) is 4.53. The molecule has 0 atom stereocenters. The highest BCUT2D eigenvalue weighted by Crippen LogP contribution is 2.11. The summed E-state index contributed by atoms with van der Waals surface area (Å²) in [6.45, 7) is 5.18. The van der Waals surface area contributed by atoms with Gasteiger partial charge in [-0.05, 0) is 6.42 Å². The Labute approximate surface area is 99.6 Å². The molecule has 1 heterocycles. The molecule has 1 aliphatic rings. The van der Waals surface area contributed by atoms with Gasteiger partial charge in [-0.1, -0.05) is 39.0 Å². The highest BCUT2D eigenvalue weighted by atomic mass is 16.3. The van der Waals surface area contributed by atoms with Crippen LogP contribution in [0.25, 0.3) is 0 Å². The van der Waals surface area contributed by atoms with E-state index < -0.39 is 0 Å². The van der Waals surface area contributed by atoms with Gasteiger partial charge in [-0.25, -0.2) is 0 Å². The topological polar surface area (TPSA) is 35.8 Å². The summed E-state index contributed by atoms with van der Waals surface area (Å²) in [6.07, 6.45) is 9.11. The van der Waals surface area contributed by atoms with Crippen molar-refractivity contribution < 1.29 is 5.11 Å². The third-order valence-electron chi connectivity index (χ3n) is 3.15. The first kappa shape index (κ1) is 13.5. The summed E-state index contributed by atoms with van der Waals surface area (Å²) in [5.41, 5.74) is 0. The number of hydrogen-bond acceptors (Lipinski definition) is 3. The lowest BCUT2D eigenvalue weighted by molar-refractivity contribution is 0.255. The minimum atomic E-state index is 0.246. The van der Waals surface area contributed by atoms with Gasteiger partial charge in [0, 0.05) is 19.5 Å². The van der Waals surface area contributed by atoms with Crippen molar-refractivity contribution in [3.05, 3.63) is 0 Å². The van der Waals surface area contributed by atoms with Gasteiger partial charge in [0.25, 0.3) is 0 Å². The van der Waals surface area contributed by atoms with Gasteiger partial charge in [-0.3, -0.25) is 4.99 Å². The van der Waals surface area contributed by atoms with Crippen molar-refractivity contribution in [1.29, 1.82) is 0 Å². The van der Waals surface area contributed by atoms with Crippen LogP contribution in [-0.4, -0.2) is 42.1 Å². The lowest BCUT2D eigenvalue weighted by Crippen LogP contribution is -2.30. The Morgan fingerprint density at radius 2 is 1.94 bits per heavy atom. The average molecular weight is 226 g/mol. The van der Waals surface area contributed by atoms with Gasteiger partial charge in [0.05, 0.1) is 19.0 Å². The maximum Gasteiger partial charge on any atom is 0.0991 e. The Morgan fingerprint density at radius 1 is 1.19 bits per heavy atom. The van der Waals surface area contributed by atoms with Crippen LogP contribution in [0.1, 0.15) is 51.9 Å². The van der Waals surface area contributed by atoms with E-state index in [2.05, 4.69) is 16.8 Å². The SMILES string of the molecule is CCCCCCCCC1=NCCN1CCO. The van der Waals surface area contributed by atoms with Gasteiger partial charge in [-0.2, -0.15) is 0 Å². The van der Waals surface area contributed by atoms with Gasteiger partial charge in [-0.15, -0.1) is 0 Å². The number of aliphatic imine (C=N–C) groups is 1. The Balaban J connectivity index is 2.03. The van der Waals surface area contributed by atoms with Crippen LogP contribution in [0.5, 0.6) is 0 Å². The first-order chi connectivity index (χ1) is 7.88. The van der Waals surface area contributed by atoms with E-state index >= 15 is 0 Å². The first-order valence-corrected chi connectivity index (χ1v) is 6.77. The van der Waals surface area contributed by atoms with Crippen LogP contribution in [-0.2, 0) is 0 Å². The van der Waals surface area contributed by atoms with Crippen LogP contribution >= 0.6 is 0 Å². The van der Waals surface area contributed by atoms with E-state index in [0.717, 1.165) is 26.1 Å². The molecular weight excluding hydrogens is 200 g/mol. The smallest absolute Gasteiger partial charge is 0.0991 e. The molecule has 0 unspecified atom stereocenters. The van der Waals surface area contributed by atoms with Crippen LogP contribution in [0.15, 0.2) is 4.99 Å². The van der Waals surface area contributed by atoms with Crippen molar-refractivity contribution >= 4 is 5.84 Å². The molecule has 94 valence electrons. The van der Waals surface area contributed by atoms with Crippen LogP contribution < -0.4 is 0 Å². The molecule has 0 aromatic heterocycles. The summed E-state index contributed by atoms with van der Waals surface area (Å²) in [5.74, 6) is 1.23. The number of unbranched alkanes of at least 4 members (excludes halogenated alkanes) is 5. The van der Waals surface area contributed by atoms with Gasteiger partial charge < -0.3 is 10.0 Å². The fourth-order valence-electron chi connectivity index (χ4n) is 2.19. The van der Waals surface area contributed by atoms with E-state index in [1.54, 1.807) is 0 Å². The second-order valence-electron chi connectivity index (χ2n) is 4.53. The van der Waals surface area contributed by atoms with E-state index in [4.69, 9.17) is 5.11 Å². The molecule has 0 spiro atoms. The number of amidine groups is 1. The van der Waals surface area contributed by atoms with Crippen LogP contribution in [0.2, 0.25) is 0 Å². The zero-order valence-corrected chi connectivity index (χ0v) is 10.6. The molecule has 0 saturated carbocycles. The summed E-state index contributed by atoms with van der Waals surface area (Å²) >= 11 is 0. The van der Waals surface area contributed by atoms with E-state index in [1.165, 1.54) is 44.4 Å². The quantitative estimate of drug-likeness (QED) is 0.613. The predicted octanol–water partition coefficient (Wildman–Crippen LogP) is 2.44. The van der Waals surface area contributed by atoms with Crippen LogP contribution in [0, 0.1) is 0 Å². The number of hydrogen-bond donors (Lipinski definition) is 1. The Bertz CT molecular complexity index is 204. The highest BCUT2D eigenvalue weighted by molar-refractivity contribution is 5.83. The summed E-state index contributed by atoms with van der Waals surface area (Å²) < 4.78 is 0. The third-order valence-corrected chi connectivity index (χ3v) is 3.15. The van der Waals surface area contributed by atoms with Crippen molar-refractivity contribution in [3.63, 3.8) is 0 Å². The Hall–Kier alpha value is -0.570. The standard InChI is InChI=1S/C13H26N2O/c1-2-3-4-5-6-7-8-13-14-9-10-15(13)11-12-16/h16H,2-12H2,1H3. The molecule has 1 rings (SSSR count). The minimum absolute atomic E-state index is 0.246. The van der Waals surface area contributed by atoms with E-state index in [9.17, 15) is 0 Å². The molecule has 0 saturated heterocycles. The van der Waals surface area contributed by atoms with Crippen molar-refractivity contribution in [2.45, 2.75) is 51.9 Å². The molecule has 0 bridgehead atoms. The molecule has 3 nitrogen and oxygen atoms in total. The van der Waals surface area contributed by atoms with Gasteiger partial charge in [0.1, 0.15) is 0 Å². The summed E-state index contributed by atoms with van der Waals surface area (Å²) in [5, 5.41) is 8.92. The summed E-state index contributed by atoms with van der Waals surface area (Å²) in [7, 11) is 0. The highest BCUT2D eigenvalue weighted by Gasteiger charge is 2.14. The van der Waals surface area contributed by atoms with Gasteiger partial charge in [0.15, 0.2) is 0 Å². The van der Waals surface area contributed by atoms with Crippen LogP contribution in [0.3, 0.4) is 0 Å². The van der Waals surface area contributed by atoms with Crippen molar-refractivity contribution in [2.24, 2.45) is 4.99 Å². The molecule has 0 aromatic rings. The maximum absolute atomic E-state index is 8.92. The molecule has 16 heavy (non-hydrogen) atoms. The van der Waals surface area contributed by atoms with Gasteiger partial charge in [0.2, 0.25) is 0 Å². The van der Waals surface area contributed by atoms with Gasteiger partial charge >= 0.3 is 0 Å². The number of nitrogens with zero attached hydrogens (tertiary/aromatic N) is 2.